The van der Waals surface area contributed by atoms with Crippen molar-refractivity contribution in [2.75, 3.05) is 5.75 Å². The first-order chi connectivity index (χ1) is 9.79. The Labute approximate surface area is 127 Å². The molecule has 0 aliphatic rings. The second kappa shape index (κ2) is 5.90. The topological polar surface area (TPSA) is 17.3 Å². The van der Waals surface area contributed by atoms with Gasteiger partial charge in [0.1, 0.15) is 5.65 Å². The van der Waals surface area contributed by atoms with E-state index in [0.29, 0.717) is 5.02 Å². The number of fused-ring (bicyclic) bond motifs is 1. The van der Waals surface area contributed by atoms with E-state index in [1.807, 2.05) is 42.4 Å². The second-order valence-corrected chi connectivity index (χ2v) is 6.32. The number of hydrogen-bond donors (Lipinski definition) is 0. The van der Waals surface area contributed by atoms with Crippen molar-refractivity contribution in [3.05, 3.63) is 71.1 Å². The lowest BCUT2D eigenvalue weighted by Crippen LogP contribution is -2.01. The second-order valence-electron chi connectivity index (χ2n) is 4.50. The Morgan fingerprint density at radius 3 is 2.80 bits per heavy atom. The lowest BCUT2D eigenvalue weighted by atomic mass is 10.1. The van der Waals surface area contributed by atoms with Gasteiger partial charge in [-0.05, 0) is 23.4 Å². The summed E-state index contributed by atoms with van der Waals surface area (Å²) in [4.78, 5) is 4.47. The summed E-state index contributed by atoms with van der Waals surface area (Å²) in [5.74, 6) is 1.06. The molecule has 0 aliphatic carbocycles. The molecule has 0 amide bonds. The molecule has 0 N–H and O–H groups in total. The van der Waals surface area contributed by atoms with Crippen LogP contribution in [0, 0.1) is 0 Å². The average Bonchev–Trinajstić information content (AvgIpc) is 2.88. The maximum atomic E-state index is 6.03. The normalized spacial score (nSPS) is 12.7. The first-order valence-corrected chi connectivity index (χ1v) is 8.01. The number of aromatic nitrogens is 2. The number of hydrogen-bond acceptors (Lipinski definition) is 2. The van der Waals surface area contributed by atoms with Gasteiger partial charge in [-0.2, -0.15) is 0 Å². The van der Waals surface area contributed by atoms with Crippen LogP contribution in [0.4, 0.5) is 0 Å². The molecule has 0 aliphatic heterocycles. The van der Waals surface area contributed by atoms with Gasteiger partial charge >= 0.3 is 0 Å². The molecule has 3 rings (SSSR count). The lowest BCUT2D eigenvalue weighted by Gasteiger charge is -2.16. The van der Waals surface area contributed by atoms with E-state index in [-0.39, 0.29) is 5.25 Å². The molecule has 1 aromatic carbocycles. The maximum absolute atomic E-state index is 6.03. The van der Waals surface area contributed by atoms with Crippen LogP contribution in [0.15, 0.2) is 54.9 Å². The van der Waals surface area contributed by atoms with Crippen LogP contribution < -0.4 is 0 Å². The lowest BCUT2D eigenvalue weighted by molar-refractivity contribution is 1.01. The molecule has 0 spiro atoms. The van der Waals surface area contributed by atoms with Crippen LogP contribution in [0.5, 0.6) is 0 Å². The van der Waals surface area contributed by atoms with Crippen molar-refractivity contribution >= 4 is 29.0 Å². The largest absolute Gasteiger partial charge is 0.302 e. The van der Waals surface area contributed by atoms with E-state index in [2.05, 4.69) is 40.6 Å². The zero-order chi connectivity index (χ0) is 13.9. The Kier molecular flexibility index (Phi) is 3.99. The van der Waals surface area contributed by atoms with Gasteiger partial charge in [0.15, 0.2) is 0 Å². The summed E-state index contributed by atoms with van der Waals surface area (Å²) < 4.78 is 2.12. The van der Waals surface area contributed by atoms with Crippen LogP contribution >= 0.6 is 23.4 Å². The fourth-order valence-electron chi connectivity index (χ4n) is 2.32. The quantitative estimate of drug-likeness (QED) is 0.686. The van der Waals surface area contributed by atoms with Crippen LogP contribution in [-0.2, 0) is 0 Å². The van der Waals surface area contributed by atoms with Crippen molar-refractivity contribution in [2.24, 2.45) is 0 Å². The summed E-state index contributed by atoms with van der Waals surface area (Å²) >= 11 is 7.94. The number of thioether (sulfide) groups is 1. The number of pyridine rings is 1. The fourth-order valence-corrected chi connectivity index (χ4v) is 3.50. The minimum atomic E-state index is 0.289. The molecule has 1 unspecified atom stereocenters. The van der Waals surface area contributed by atoms with Gasteiger partial charge in [0.2, 0.25) is 0 Å². The zero-order valence-electron chi connectivity index (χ0n) is 11.2. The van der Waals surface area contributed by atoms with E-state index in [9.17, 15) is 0 Å². The molecule has 0 bridgehead atoms. The molecule has 2 nitrogen and oxygen atoms in total. The molecule has 1 atom stereocenters. The third-order valence-electron chi connectivity index (χ3n) is 3.21. The molecule has 4 heteroatoms. The molecule has 0 saturated heterocycles. The minimum Gasteiger partial charge on any atom is -0.302 e. The van der Waals surface area contributed by atoms with E-state index in [4.69, 9.17) is 11.6 Å². The number of benzene rings is 1. The predicted molar refractivity (Wildman–Crippen MR) is 86.6 cm³/mol. The summed E-state index contributed by atoms with van der Waals surface area (Å²) in [6.45, 7) is 2.18. The monoisotopic (exact) mass is 302 g/mol. The summed E-state index contributed by atoms with van der Waals surface area (Å²) in [5, 5.41) is 1.01. The molecule has 2 aromatic heterocycles. The van der Waals surface area contributed by atoms with Crippen LogP contribution in [0.1, 0.15) is 23.4 Å². The fraction of sp³-hybridized carbons (Fsp3) is 0.188. The third-order valence-corrected chi connectivity index (χ3v) is 4.62. The Hall–Kier alpha value is -1.45. The molecule has 2 heterocycles. The van der Waals surface area contributed by atoms with Gasteiger partial charge in [-0.15, -0.1) is 11.8 Å². The highest BCUT2D eigenvalue weighted by molar-refractivity contribution is 7.99. The molecule has 0 radical (unpaired) electrons. The van der Waals surface area contributed by atoms with Gasteiger partial charge in [-0.1, -0.05) is 48.9 Å². The van der Waals surface area contributed by atoms with Crippen molar-refractivity contribution in [1.29, 1.82) is 0 Å². The third kappa shape index (κ3) is 2.56. The van der Waals surface area contributed by atoms with Crippen molar-refractivity contribution in [3.8, 4) is 0 Å². The van der Waals surface area contributed by atoms with Crippen molar-refractivity contribution < 1.29 is 0 Å². The van der Waals surface area contributed by atoms with Crippen LogP contribution in [0.25, 0.3) is 5.65 Å². The summed E-state index contributed by atoms with van der Waals surface area (Å²) in [6.07, 6.45) is 3.94. The van der Waals surface area contributed by atoms with Crippen molar-refractivity contribution in [1.82, 2.24) is 9.38 Å². The highest BCUT2D eigenvalue weighted by Gasteiger charge is 2.18. The van der Waals surface area contributed by atoms with Gasteiger partial charge in [0.05, 0.1) is 17.1 Å². The van der Waals surface area contributed by atoms with Crippen LogP contribution in [0.2, 0.25) is 5.02 Å². The summed E-state index contributed by atoms with van der Waals surface area (Å²) in [5.41, 5.74) is 3.39. The Morgan fingerprint density at radius 1 is 1.25 bits per heavy atom. The van der Waals surface area contributed by atoms with Crippen molar-refractivity contribution in [3.63, 3.8) is 0 Å². The molecule has 0 fully saturated rings. The predicted octanol–water partition coefficient (Wildman–Crippen LogP) is 4.83. The summed E-state index contributed by atoms with van der Waals surface area (Å²) in [6, 6.07) is 14.3. The highest BCUT2D eigenvalue weighted by atomic mass is 35.5. The van der Waals surface area contributed by atoms with Gasteiger partial charge in [-0.25, -0.2) is 4.98 Å². The van der Waals surface area contributed by atoms with Crippen LogP contribution in [-0.4, -0.2) is 15.1 Å². The van der Waals surface area contributed by atoms with Crippen LogP contribution in [0.3, 0.4) is 0 Å². The minimum absolute atomic E-state index is 0.289. The van der Waals surface area contributed by atoms with E-state index in [1.165, 1.54) is 11.3 Å². The maximum Gasteiger partial charge on any atom is 0.138 e. The van der Waals surface area contributed by atoms with E-state index in [1.54, 1.807) is 0 Å². The highest BCUT2D eigenvalue weighted by Crippen LogP contribution is 2.35. The van der Waals surface area contributed by atoms with Crippen molar-refractivity contribution in [2.45, 2.75) is 12.2 Å². The first kappa shape index (κ1) is 13.5. The summed E-state index contributed by atoms with van der Waals surface area (Å²) in [7, 11) is 0. The molecule has 20 heavy (non-hydrogen) atoms. The molecule has 102 valence electrons. The molecular formula is C16H15ClN2S. The Morgan fingerprint density at radius 2 is 2.05 bits per heavy atom. The molecule has 3 aromatic rings. The van der Waals surface area contributed by atoms with Gasteiger partial charge < -0.3 is 4.40 Å². The first-order valence-electron chi connectivity index (χ1n) is 6.58. The smallest absolute Gasteiger partial charge is 0.138 e. The SMILES string of the molecule is CCSC(c1ccccc1)c1cnc2cc(Cl)ccn12. The molecular weight excluding hydrogens is 288 g/mol. The number of nitrogens with zero attached hydrogens (tertiary/aromatic N) is 2. The van der Waals surface area contributed by atoms with E-state index < -0.39 is 0 Å². The van der Waals surface area contributed by atoms with E-state index in [0.717, 1.165) is 11.4 Å². The Bertz CT molecular complexity index is 709. The van der Waals surface area contributed by atoms with Gasteiger partial charge in [-0.3, -0.25) is 0 Å². The number of imidazole rings is 1. The number of rotatable bonds is 4. The average molecular weight is 303 g/mol. The van der Waals surface area contributed by atoms with Gasteiger partial charge in [0, 0.05) is 11.2 Å². The Balaban J connectivity index is 2.10. The molecule has 0 saturated carbocycles. The van der Waals surface area contributed by atoms with Gasteiger partial charge in [0.25, 0.3) is 0 Å². The van der Waals surface area contributed by atoms with E-state index >= 15 is 0 Å². The standard InChI is InChI=1S/C16H15ClN2S/c1-2-20-16(12-6-4-3-5-7-12)14-11-18-15-10-13(17)8-9-19(14)15/h3-11,16H,2H2,1H3. The zero-order valence-corrected chi connectivity index (χ0v) is 12.7. The number of halogens is 1.